The average Bonchev–Trinajstić information content (AvgIpc) is 2.37. The van der Waals surface area contributed by atoms with Crippen LogP contribution in [0.4, 0.5) is 0 Å². The molecule has 0 atom stereocenters. The van der Waals surface area contributed by atoms with Crippen LogP contribution in [-0.2, 0) is 13.0 Å². The van der Waals surface area contributed by atoms with Crippen molar-refractivity contribution in [3.8, 4) is 0 Å². The zero-order valence-electron chi connectivity index (χ0n) is 11.2. The predicted molar refractivity (Wildman–Crippen MR) is 76.1 cm³/mol. The molecule has 0 aliphatic heterocycles. The van der Waals surface area contributed by atoms with E-state index < -0.39 is 0 Å². The number of benzene rings is 1. The zero-order chi connectivity index (χ0) is 12.5. The average molecular weight is 229 g/mol. The second-order valence-electron chi connectivity index (χ2n) is 4.31. The van der Waals surface area contributed by atoms with Crippen LogP contribution in [0.15, 0.2) is 48.1 Å². The fourth-order valence-corrected chi connectivity index (χ4v) is 1.62. The van der Waals surface area contributed by atoms with Crippen LogP contribution in [0.25, 0.3) is 0 Å². The van der Waals surface area contributed by atoms with Gasteiger partial charge in [0.15, 0.2) is 0 Å². The van der Waals surface area contributed by atoms with Gasteiger partial charge in [-0.25, -0.2) is 0 Å². The summed E-state index contributed by atoms with van der Waals surface area (Å²) in [4.78, 5) is 0. The highest BCUT2D eigenvalue weighted by molar-refractivity contribution is 5.22. The highest BCUT2D eigenvalue weighted by Gasteiger charge is 1.93. The Hall–Kier alpha value is -1.34. The van der Waals surface area contributed by atoms with Crippen molar-refractivity contribution in [2.75, 3.05) is 6.54 Å². The fourth-order valence-electron chi connectivity index (χ4n) is 1.62. The number of nitrogens with one attached hydrogen (secondary N) is 1. The summed E-state index contributed by atoms with van der Waals surface area (Å²) in [5.74, 6) is 0. The smallest absolute Gasteiger partial charge is 0.0208 e. The van der Waals surface area contributed by atoms with Gasteiger partial charge in [0.05, 0.1) is 0 Å². The Morgan fingerprint density at radius 3 is 2.41 bits per heavy atom. The Bertz CT molecular complexity index is 371. The molecule has 1 aromatic carbocycles. The van der Waals surface area contributed by atoms with Crippen LogP contribution in [-0.4, -0.2) is 6.54 Å². The molecular weight excluding hydrogens is 206 g/mol. The van der Waals surface area contributed by atoms with Crippen LogP contribution in [0.3, 0.4) is 0 Å². The second kappa shape index (κ2) is 7.86. The minimum atomic E-state index is 0.936. The molecule has 17 heavy (non-hydrogen) atoms. The van der Waals surface area contributed by atoms with Crippen LogP contribution in [0.5, 0.6) is 0 Å². The van der Waals surface area contributed by atoms with Crippen molar-refractivity contribution in [3.63, 3.8) is 0 Å². The summed E-state index contributed by atoms with van der Waals surface area (Å²) < 4.78 is 0. The molecule has 0 aliphatic carbocycles. The molecule has 0 saturated heterocycles. The third kappa shape index (κ3) is 5.50. The van der Waals surface area contributed by atoms with E-state index in [1.54, 1.807) is 0 Å². The molecule has 0 unspecified atom stereocenters. The number of rotatable bonds is 6. The quantitative estimate of drug-likeness (QED) is 0.730. The molecule has 0 amide bonds. The van der Waals surface area contributed by atoms with E-state index in [4.69, 9.17) is 0 Å². The molecule has 0 saturated carbocycles. The Balaban J connectivity index is 2.35. The van der Waals surface area contributed by atoms with E-state index in [1.807, 2.05) is 13.0 Å². The Kier molecular flexibility index (Phi) is 6.34. The van der Waals surface area contributed by atoms with Gasteiger partial charge in [-0.1, -0.05) is 55.0 Å². The molecule has 0 fully saturated rings. The molecule has 0 bridgehead atoms. The van der Waals surface area contributed by atoms with Gasteiger partial charge >= 0.3 is 0 Å². The van der Waals surface area contributed by atoms with E-state index in [0.29, 0.717) is 0 Å². The van der Waals surface area contributed by atoms with Gasteiger partial charge in [0, 0.05) is 13.1 Å². The minimum Gasteiger partial charge on any atom is -0.309 e. The molecule has 1 N–H and O–H groups in total. The summed E-state index contributed by atoms with van der Waals surface area (Å²) in [5, 5.41) is 3.45. The van der Waals surface area contributed by atoms with Crippen molar-refractivity contribution in [2.45, 2.75) is 33.7 Å². The van der Waals surface area contributed by atoms with Crippen molar-refractivity contribution < 1.29 is 0 Å². The SMILES string of the molecule is C/C=C\C=C(/C)CNCc1ccc(CC)cc1. The summed E-state index contributed by atoms with van der Waals surface area (Å²) in [6, 6.07) is 8.83. The molecule has 0 spiro atoms. The standard InChI is InChI=1S/C16H23N/c1-4-6-7-14(3)12-17-13-16-10-8-15(5-2)9-11-16/h4,6-11,17H,5,12-13H2,1-3H3/b6-4-,14-7+. The normalized spacial score (nSPS) is 12.3. The third-order valence-electron chi connectivity index (χ3n) is 2.74. The maximum atomic E-state index is 3.45. The lowest BCUT2D eigenvalue weighted by atomic mass is 10.1. The molecule has 92 valence electrons. The van der Waals surface area contributed by atoms with Gasteiger partial charge < -0.3 is 5.32 Å². The highest BCUT2D eigenvalue weighted by Crippen LogP contribution is 2.04. The predicted octanol–water partition coefficient (Wildman–Crippen LogP) is 3.86. The lowest BCUT2D eigenvalue weighted by Gasteiger charge is -2.05. The van der Waals surface area contributed by atoms with Crippen molar-refractivity contribution in [1.82, 2.24) is 5.32 Å². The van der Waals surface area contributed by atoms with Gasteiger partial charge in [0.1, 0.15) is 0 Å². The van der Waals surface area contributed by atoms with Gasteiger partial charge in [-0.05, 0) is 31.4 Å². The summed E-state index contributed by atoms with van der Waals surface area (Å²) in [5.41, 5.74) is 4.10. The van der Waals surface area contributed by atoms with Crippen LogP contribution >= 0.6 is 0 Å². The number of allylic oxidation sites excluding steroid dienone is 3. The summed E-state index contributed by atoms with van der Waals surface area (Å²) in [6.45, 7) is 8.24. The van der Waals surface area contributed by atoms with Crippen molar-refractivity contribution in [1.29, 1.82) is 0 Å². The molecule has 1 nitrogen and oxygen atoms in total. The largest absolute Gasteiger partial charge is 0.309 e. The molecule has 0 aliphatic rings. The first-order valence-electron chi connectivity index (χ1n) is 6.33. The number of aryl methyl sites for hydroxylation is 1. The van der Waals surface area contributed by atoms with E-state index in [9.17, 15) is 0 Å². The Morgan fingerprint density at radius 2 is 1.82 bits per heavy atom. The van der Waals surface area contributed by atoms with Crippen LogP contribution in [0, 0.1) is 0 Å². The van der Waals surface area contributed by atoms with Gasteiger partial charge in [-0.2, -0.15) is 0 Å². The summed E-state index contributed by atoms with van der Waals surface area (Å²) in [6.07, 6.45) is 7.38. The minimum absolute atomic E-state index is 0.936. The zero-order valence-corrected chi connectivity index (χ0v) is 11.2. The number of hydrogen-bond acceptors (Lipinski definition) is 1. The topological polar surface area (TPSA) is 12.0 Å². The molecule has 0 aromatic heterocycles. The van der Waals surface area contributed by atoms with E-state index in [-0.39, 0.29) is 0 Å². The third-order valence-corrected chi connectivity index (χ3v) is 2.74. The second-order valence-corrected chi connectivity index (χ2v) is 4.31. The molecule has 1 aromatic rings. The van der Waals surface area contributed by atoms with Gasteiger partial charge in [0.2, 0.25) is 0 Å². The lowest BCUT2D eigenvalue weighted by molar-refractivity contribution is 0.739. The van der Waals surface area contributed by atoms with Gasteiger partial charge in [-0.3, -0.25) is 0 Å². The van der Waals surface area contributed by atoms with Gasteiger partial charge in [0.25, 0.3) is 0 Å². The van der Waals surface area contributed by atoms with E-state index in [0.717, 1.165) is 19.5 Å². The van der Waals surface area contributed by atoms with Crippen molar-refractivity contribution >= 4 is 0 Å². The Labute approximate surface area is 105 Å². The first kappa shape index (κ1) is 13.7. The molecule has 1 rings (SSSR count). The van der Waals surface area contributed by atoms with Crippen molar-refractivity contribution in [2.24, 2.45) is 0 Å². The van der Waals surface area contributed by atoms with Gasteiger partial charge in [-0.15, -0.1) is 0 Å². The fraction of sp³-hybridized carbons (Fsp3) is 0.375. The molecule has 0 heterocycles. The van der Waals surface area contributed by atoms with Crippen LogP contribution < -0.4 is 5.32 Å². The molecular formula is C16H23N. The maximum Gasteiger partial charge on any atom is 0.0208 e. The number of hydrogen-bond donors (Lipinski definition) is 1. The molecule has 1 heteroatoms. The van der Waals surface area contributed by atoms with Crippen molar-refractivity contribution in [3.05, 3.63) is 59.2 Å². The summed E-state index contributed by atoms with van der Waals surface area (Å²) in [7, 11) is 0. The first-order valence-corrected chi connectivity index (χ1v) is 6.33. The van der Waals surface area contributed by atoms with E-state index in [1.165, 1.54) is 16.7 Å². The molecule has 0 radical (unpaired) electrons. The Morgan fingerprint density at radius 1 is 1.18 bits per heavy atom. The highest BCUT2D eigenvalue weighted by atomic mass is 14.8. The van der Waals surface area contributed by atoms with Crippen LogP contribution in [0.1, 0.15) is 31.9 Å². The maximum absolute atomic E-state index is 3.45. The first-order chi connectivity index (χ1) is 8.26. The lowest BCUT2D eigenvalue weighted by Crippen LogP contribution is -2.15. The van der Waals surface area contributed by atoms with E-state index in [2.05, 4.69) is 55.6 Å². The van der Waals surface area contributed by atoms with Crippen LogP contribution in [0.2, 0.25) is 0 Å². The monoisotopic (exact) mass is 229 g/mol. The summed E-state index contributed by atoms with van der Waals surface area (Å²) >= 11 is 0. The van der Waals surface area contributed by atoms with E-state index >= 15 is 0 Å².